The van der Waals surface area contributed by atoms with Gasteiger partial charge >= 0.3 is 0 Å². The molecule has 1 N–H and O–H groups in total. The minimum absolute atomic E-state index is 0.107. The van der Waals surface area contributed by atoms with Gasteiger partial charge in [0.15, 0.2) is 0 Å². The molecule has 2 aromatic rings. The maximum Gasteiger partial charge on any atom is 0.255 e. The molecule has 0 aliphatic carbocycles. The number of carbonyl (C=O) groups is 4. The molecule has 2 fully saturated rings. The molecule has 0 bridgehead atoms. The Morgan fingerprint density at radius 1 is 1.10 bits per heavy atom. The van der Waals surface area contributed by atoms with E-state index in [0.717, 1.165) is 0 Å². The summed E-state index contributed by atoms with van der Waals surface area (Å²) in [6.07, 6.45) is 0.385. The Hall–Kier alpha value is -3.40. The second-order valence-corrected chi connectivity index (χ2v) is 9.71. The highest BCUT2D eigenvalue weighted by molar-refractivity contribution is 6.45. The van der Waals surface area contributed by atoms with E-state index in [2.05, 4.69) is 5.32 Å². The minimum atomic E-state index is -1.73. The Morgan fingerprint density at radius 3 is 2.59 bits per heavy atom. The first-order valence-corrected chi connectivity index (χ1v) is 12.3. The van der Waals surface area contributed by atoms with Crippen LogP contribution < -0.4 is 21.0 Å². The molecule has 2 aromatic carbocycles. The second kappa shape index (κ2) is 10.3. The van der Waals surface area contributed by atoms with E-state index in [1.54, 1.807) is 18.2 Å². The lowest BCUT2D eigenvalue weighted by Crippen LogP contribution is -2.57. The molecule has 186 valence electrons. The first-order chi connectivity index (χ1) is 18.5. The average Bonchev–Trinajstić information content (AvgIpc) is 3.22. The normalized spacial score (nSPS) is 20.6. The van der Waals surface area contributed by atoms with Crippen LogP contribution in [0.2, 0.25) is 0 Å². The topological polar surface area (TPSA) is 105 Å². The predicted octanol–water partition coefficient (Wildman–Crippen LogP) is -2.41. The van der Waals surface area contributed by atoms with Crippen LogP contribution in [0.15, 0.2) is 30.3 Å². The summed E-state index contributed by atoms with van der Waals surface area (Å²) in [4.78, 5) is 52.0. The number of benzene rings is 2. The molecule has 0 saturated carbocycles. The van der Waals surface area contributed by atoms with Crippen LogP contribution in [0.3, 0.4) is 0 Å². The third-order valence-corrected chi connectivity index (χ3v) is 7.22. The van der Waals surface area contributed by atoms with Crippen molar-refractivity contribution in [2.45, 2.75) is 36.8 Å². The number of nitrogens with one attached hydrogen (secondary N) is 1. The predicted molar refractivity (Wildman–Crippen MR) is 145 cm³/mol. The summed E-state index contributed by atoms with van der Waals surface area (Å²) in [7, 11) is 31.6. The summed E-state index contributed by atoms with van der Waals surface area (Å²) in [6, 6.07) is 6.02. The number of hydrogen-bond donors (Lipinski definition) is 1. The molecule has 3 aliphatic heterocycles. The first kappa shape index (κ1) is 27.2. The zero-order chi connectivity index (χ0) is 28.1. The SMILES string of the molecule is [B]c1cc(C([B])([B])N2CCOCC2=O)c([B])cc1C([B])Oc1cccc2c1CN(C1CCC(=O)NC1=O)C2=O. The summed E-state index contributed by atoms with van der Waals surface area (Å²) < 4.78 is 11.2. The Morgan fingerprint density at radius 2 is 1.87 bits per heavy atom. The smallest absolute Gasteiger partial charge is 0.255 e. The van der Waals surface area contributed by atoms with Crippen LogP contribution >= 0.6 is 0 Å². The van der Waals surface area contributed by atoms with Crippen molar-refractivity contribution in [3.8, 4) is 5.75 Å². The molecule has 0 aromatic heterocycles. The van der Waals surface area contributed by atoms with Crippen molar-refractivity contribution in [2.24, 2.45) is 0 Å². The van der Waals surface area contributed by atoms with Gasteiger partial charge in [0, 0.05) is 24.1 Å². The molecule has 9 nitrogen and oxygen atoms in total. The number of carbonyl (C=O) groups excluding carboxylic acids is 4. The lowest BCUT2D eigenvalue weighted by atomic mass is 9.53. The van der Waals surface area contributed by atoms with Crippen molar-refractivity contribution in [3.63, 3.8) is 0 Å². The van der Waals surface area contributed by atoms with Gasteiger partial charge in [0.25, 0.3) is 5.91 Å². The van der Waals surface area contributed by atoms with Crippen molar-refractivity contribution < 1.29 is 28.7 Å². The Labute approximate surface area is 232 Å². The van der Waals surface area contributed by atoms with E-state index in [1.807, 2.05) is 0 Å². The number of ether oxygens (including phenoxy) is 2. The molecule has 0 spiro atoms. The zero-order valence-electron chi connectivity index (χ0n) is 21.0. The van der Waals surface area contributed by atoms with E-state index in [-0.39, 0.29) is 73.4 Å². The van der Waals surface area contributed by atoms with E-state index in [9.17, 15) is 19.2 Å². The summed E-state index contributed by atoms with van der Waals surface area (Å²) in [5.41, 5.74) is 1.83. The molecule has 2 unspecified atom stereocenters. The maximum atomic E-state index is 13.1. The number of amides is 4. The Balaban J connectivity index is 1.38. The molecule has 3 aliphatic rings. The van der Waals surface area contributed by atoms with Crippen LogP contribution in [0, 0.1) is 0 Å². The number of nitrogens with zero attached hydrogens (tertiary/aromatic N) is 2. The fourth-order valence-electron chi connectivity index (χ4n) is 5.17. The average molecular weight is 513 g/mol. The molecule has 3 heterocycles. The first-order valence-electron chi connectivity index (χ1n) is 12.3. The van der Waals surface area contributed by atoms with E-state index in [1.165, 1.54) is 21.9 Å². The quantitative estimate of drug-likeness (QED) is 0.342. The van der Waals surface area contributed by atoms with Crippen LogP contribution in [-0.2, 0) is 31.0 Å². The van der Waals surface area contributed by atoms with Crippen molar-refractivity contribution >= 4 is 73.8 Å². The largest absolute Gasteiger partial charge is 0.496 e. The number of piperidine rings is 1. The van der Waals surface area contributed by atoms with Crippen LogP contribution in [0.1, 0.15) is 45.9 Å². The van der Waals surface area contributed by atoms with Crippen molar-refractivity contribution in [2.75, 3.05) is 19.8 Å². The van der Waals surface area contributed by atoms with Gasteiger partial charge in [-0.25, -0.2) is 0 Å². The van der Waals surface area contributed by atoms with Gasteiger partial charge in [-0.15, -0.1) is 0 Å². The highest BCUT2D eigenvalue weighted by Gasteiger charge is 2.40. The molecule has 14 heteroatoms. The van der Waals surface area contributed by atoms with E-state index in [0.29, 0.717) is 22.4 Å². The molecule has 10 radical (unpaired) electrons. The molecule has 5 rings (SSSR count). The van der Waals surface area contributed by atoms with Gasteiger partial charge in [-0.2, -0.15) is 0 Å². The number of fused-ring (bicyclic) bond motifs is 1. The Bertz CT molecular complexity index is 1390. The lowest BCUT2D eigenvalue weighted by Gasteiger charge is -2.43. The standard InChI is InChI=1S/C25H20B5N3O6/c26-16-9-15(25(29,30)33-6-7-38-11-21(33)35)17(27)8-13(16)22(28)39-19-3-1-2-12-14(19)10-32(24(12)37)18-4-5-20(34)31-23(18)36/h1-3,8-9,18,22H,4-7,10-11H2,(H,31,34,36). The van der Waals surface area contributed by atoms with Crippen molar-refractivity contribution in [1.29, 1.82) is 0 Å². The minimum Gasteiger partial charge on any atom is -0.496 e. The molecular formula is C25H20B5N3O6. The van der Waals surface area contributed by atoms with E-state index < -0.39 is 23.3 Å². The van der Waals surface area contributed by atoms with Crippen LogP contribution in [0.4, 0.5) is 0 Å². The van der Waals surface area contributed by atoms with Gasteiger partial charge in [0.2, 0.25) is 17.7 Å². The fraction of sp³-hybridized carbons (Fsp3) is 0.360. The maximum absolute atomic E-state index is 13.1. The fourth-order valence-corrected chi connectivity index (χ4v) is 5.17. The molecule has 2 saturated heterocycles. The summed E-state index contributed by atoms with van der Waals surface area (Å²) in [6.45, 7) is 0.422. The third kappa shape index (κ3) is 4.90. The summed E-state index contributed by atoms with van der Waals surface area (Å²) in [5, 5.41) is 0.544. The summed E-state index contributed by atoms with van der Waals surface area (Å²) >= 11 is 0. The lowest BCUT2D eigenvalue weighted by molar-refractivity contribution is -0.145. The van der Waals surface area contributed by atoms with Gasteiger partial charge in [-0.1, -0.05) is 29.1 Å². The summed E-state index contributed by atoms with van der Waals surface area (Å²) in [5.74, 6) is -1.27. The highest BCUT2D eigenvalue weighted by atomic mass is 16.5. The van der Waals surface area contributed by atoms with Gasteiger partial charge < -0.3 is 19.3 Å². The Kier molecular flexibility index (Phi) is 7.18. The van der Waals surface area contributed by atoms with Gasteiger partial charge in [-0.05, 0) is 35.0 Å². The monoisotopic (exact) mass is 513 g/mol. The number of rotatable bonds is 6. The molecule has 2 atom stereocenters. The van der Waals surface area contributed by atoms with Gasteiger partial charge in [-0.3, -0.25) is 24.5 Å². The second-order valence-electron chi connectivity index (χ2n) is 9.71. The number of hydrogen-bond acceptors (Lipinski definition) is 6. The number of morpholine rings is 1. The number of imide groups is 1. The zero-order valence-corrected chi connectivity index (χ0v) is 21.0. The molecule has 4 amide bonds. The van der Waals surface area contributed by atoms with E-state index >= 15 is 0 Å². The van der Waals surface area contributed by atoms with Crippen LogP contribution in [0.25, 0.3) is 0 Å². The van der Waals surface area contributed by atoms with Gasteiger partial charge in [0.05, 0.1) is 34.8 Å². The molecular weight excluding hydrogens is 492 g/mol. The van der Waals surface area contributed by atoms with Crippen molar-refractivity contribution in [3.05, 3.63) is 52.6 Å². The van der Waals surface area contributed by atoms with Crippen LogP contribution in [0.5, 0.6) is 5.75 Å². The van der Waals surface area contributed by atoms with Crippen molar-refractivity contribution in [1.82, 2.24) is 15.1 Å². The third-order valence-electron chi connectivity index (χ3n) is 7.22. The van der Waals surface area contributed by atoms with E-state index in [4.69, 9.17) is 48.7 Å². The van der Waals surface area contributed by atoms with Crippen LogP contribution in [-0.4, -0.2) is 98.5 Å². The highest BCUT2D eigenvalue weighted by Crippen LogP contribution is 2.35. The van der Waals surface area contributed by atoms with Gasteiger partial charge in [0.1, 0.15) is 41.9 Å². The molecule has 39 heavy (non-hydrogen) atoms.